The van der Waals surface area contributed by atoms with Crippen molar-refractivity contribution in [3.05, 3.63) is 39.9 Å². The number of carbonyl (C=O) groups is 1. The maximum absolute atomic E-state index is 12.7. The summed E-state index contributed by atoms with van der Waals surface area (Å²) in [7, 11) is 1.78. The van der Waals surface area contributed by atoms with Gasteiger partial charge in [-0.3, -0.25) is 14.2 Å². The molecule has 2 heterocycles. The highest BCUT2D eigenvalue weighted by molar-refractivity contribution is 5.81. The van der Waals surface area contributed by atoms with Gasteiger partial charge < -0.3 is 4.90 Å². The van der Waals surface area contributed by atoms with Gasteiger partial charge in [-0.05, 0) is 37.5 Å². The first-order valence-corrected chi connectivity index (χ1v) is 7.19. The lowest BCUT2D eigenvalue weighted by Gasteiger charge is -2.30. The van der Waals surface area contributed by atoms with Crippen molar-refractivity contribution in [1.82, 2.24) is 14.5 Å². The summed E-state index contributed by atoms with van der Waals surface area (Å²) < 4.78 is 1.68. The average Bonchev–Trinajstić information content (AvgIpc) is 2.43. The molecule has 0 unspecified atom stereocenters. The Bertz CT molecular complexity index is 779. The summed E-state index contributed by atoms with van der Waals surface area (Å²) in [6.45, 7) is 4.52. The van der Waals surface area contributed by atoms with Gasteiger partial charge in [0.2, 0.25) is 5.91 Å². The molecule has 3 rings (SSSR count). The minimum atomic E-state index is -0.0143. The van der Waals surface area contributed by atoms with E-state index in [-0.39, 0.29) is 17.5 Å². The molecule has 5 nitrogen and oxygen atoms in total. The minimum absolute atomic E-state index is 0.0120. The molecule has 1 aromatic carbocycles. The molecule has 110 valence electrons. The van der Waals surface area contributed by atoms with Crippen LogP contribution in [0.1, 0.15) is 30.0 Å². The number of carbonyl (C=O) groups excluding carboxylic acids is 1. The second kappa shape index (κ2) is 4.98. The highest BCUT2D eigenvalue weighted by atomic mass is 16.2. The summed E-state index contributed by atoms with van der Waals surface area (Å²) in [5.74, 6) is 0.139. The molecule has 0 N–H and O–H groups in total. The number of amides is 1. The standard InChI is InChI=1S/C16H19N3O2/c1-10-6-11(2)15-13(7-10)16(21)19(9-17-15)12-4-5-14(20)18(3)8-12/h6-7,9,12H,4-5,8H2,1-3H3/t12-/m1/s1. The summed E-state index contributed by atoms with van der Waals surface area (Å²) >= 11 is 0. The number of nitrogens with zero attached hydrogens (tertiary/aromatic N) is 3. The van der Waals surface area contributed by atoms with Gasteiger partial charge >= 0.3 is 0 Å². The van der Waals surface area contributed by atoms with Crippen LogP contribution < -0.4 is 5.56 Å². The normalized spacial score (nSPS) is 19.3. The molecule has 0 bridgehead atoms. The average molecular weight is 285 g/mol. The van der Waals surface area contributed by atoms with Crippen LogP contribution in [0.2, 0.25) is 0 Å². The SMILES string of the molecule is Cc1cc(C)c2ncn([C@@H]3CCC(=O)N(C)C3)c(=O)c2c1. The van der Waals surface area contributed by atoms with E-state index < -0.39 is 0 Å². The first-order valence-electron chi connectivity index (χ1n) is 7.19. The van der Waals surface area contributed by atoms with Gasteiger partial charge in [-0.2, -0.15) is 0 Å². The van der Waals surface area contributed by atoms with Gasteiger partial charge in [-0.25, -0.2) is 4.98 Å². The van der Waals surface area contributed by atoms with Gasteiger partial charge in [-0.1, -0.05) is 6.07 Å². The van der Waals surface area contributed by atoms with Crippen molar-refractivity contribution in [1.29, 1.82) is 0 Å². The van der Waals surface area contributed by atoms with Gasteiger partial charge in [0.25, 0.3) is 5.56 Å². The fourth-order valence-electron chi connectivity index (χ4n) is 3.08. The molecular weight excluding hydrogens is 266 g/mol. The molecule has 1 aromatic heterocycles. The van der Waals surface area contributed by atoms with Gasteiger partial charge in [0.05, 0.1) is 23.3 Å². The molecule has 1 atom stereocenters. The molecule has 5 heteroatoms. The number of rotatable bonds is 1. The van der Waals surface area contributed by atoms with E-state index in [0.717, 1.165) is 16.6 Å². The van der Waals surface area contributed by atoms with Crippen LogP contribution in [0.5, 0.6) is 0 Å². The van der Waals surface area contributed by atoms with E-state index in [4.69, 9.17) is 0 Å². The summed E-state index contributed by atoms with van der Waals surface area (Å²) in [5, 5.41) is 0.662. The van der Waals surface area contributed by atoms with Crippen LogP contribution in [-0.4, -0.2) is 34.0 Å². The van der Waals surface area contributed by atoms with Crippen LogP contribution >= 0.6 is 0 Å². The Morgan fingerprint density at radius 2 is 2.00 bits per heavy atom. The smallest absolute Gasteiger partial charge is 0.261 e. The number of aromatic nitrogens is 2. The minimum Gasteiger partial charge on any atom is -0.344 e. The largest absolute Gasteiger partial charge is 0.344 e. The van der Waals surface area contributed by atoms with Crippen molar-refractivity contribution in [3.63, 3.8) is 0 Å². The monoisotopic (exact) mass is 285 g/mol. The summed E-state index contributed by atoms with van der Waals surface area (Å²) in [4.78, 5) is 30.5. The van der Waals surface area contributed by atoms with Gasteiger partial charge in [0.1, 0.15) is 0 Å². The number of piperidine rings is 1. The number of likely N-dealkylation sites (N-methyl/N-ethyl adjacent to an activating group) is 1. The van der Waals surface area contributed by atoms with Crippen LogP contribution in [-0.2, 0) is 4.79 Å². The van der Waals surface area contributed by atoms with Gasteiger partial charge in [0, 0.05) is 20.0 Å². The number of hydrogen-bond acceptors (Lipinski definition) is 3. The maximum Gasteiger partial charge on any atom is 0.261 e. The van der Waals surface area contributed by atoms with E-state index in [1.165, 1.54) is 0 Å². The molecule has 0 spiro atoms. The van der Waals surface area contributed by atoms with Gasteiger partial charge in [-0.15, -0.1) is 0 Å². The first kappa shape index (κ1) is 13.8. The van der Waals surface area contributed by atoms with E-state index in [9.17, 15) is 9.59 Å². The third kappa shape index (κ3) is 2.33. The predicted octanol–water partition coefficient (Wildman–Crippen LogP) is 1.81. The Morgan fingerprint density at radius 1 is 1.24 bits per heavy atom. The Labute approximate surface area is 123 Å². The molecule has 0 saturated carbocycles. The zero-order chi connectivity index (χ0) is 15.1. The molecule has 2 aromatic rings. The van der Waals surface area contributed by atoms with E-state index in [2.05, 4.69) is 4.98 Å². The molecule has 1 amide bonds. The summed E-state index contributed by atoms with van der Waals surface area (Å²) in [5.41, 5.74) is 2.83. The quantitative estimate of drug-likeness (QED) is 0.803. The van der Waals surface area contributed by atoms with Crippen LogP contribution in [0.15, 0.2) is 23.3 Å². The second-order valence-electron chi connectivity index (χ2n) is 5.90. The Hall–Kier alpha value is -2.17. The van der Waals surface area contributed by atoms with Gasteiger partial charge in [0.15, 0.2) is 0 Å². The zero-order valence-electron chi connectivity index (χ0n) is 12.6. The highest BCUT2D eigenvalue weighted by Gasteiger charge is 2.25. The molecule has 0 aliphatic carbocycles. The Balaban J connectivity index is 2.10. The lowest BCUT2D eigenvalue weighted by Crippen LogP contribution is -2.40. The van der Waals surface area contributed by atoms with Crippen molar-refractivity contribution in [2.24, 2.45) is 0 Å². The number of aryl methyl sites for hydroxylation is 2. The topological polar surface area (TPSA) is 55.2 Å². The van der Waals surface area contributed by atoms with Crippen molar-refractivity contribution in [3.8, 4) is 0 Å². The molecular formula is C16H19N3O2. The number of likely N-dealkylation sites (tertiary alicyclic amines) is 1. The Kier molecular flexibility index (Phi) is 3.27. The molecule has 0 radical (unpaired) electrons. The molecule has 1 fully saturated rings. The molecule has 1 aliphatic rings. The summed E-state index contributed by atoms with van der Waals surface area (Å²) in [6, 6.07) is 3.94. The fourth-order valence-corrected chi connectivity index (χ4v) is 3.08. The van der Waals surface area contributed by atoms with Crippen molar-refractivity contribution >= 4 is 16.8 Å². The predicted molar refractivity (Wildman–Crippen MR) is 81.4 cm³/mol. The maximum atomic E-state index is 12.7. The number of benzene rings is 1. The molecule has 1 saturated heterocycles. The van der Waals surface area contributed by atoms with E-state index in [0.29, 0.717) is 24.8 Å². The van der Waals surface area contributed by atoms with E-state index in [1.54, 1.807) is 22.8 Å². The van der Waals surface area contributed by atoms with Crippen molar-refractivity contribution in [2.75, 3.05) is 13.6 Å². The van der Waals surface area contributed by atoms with Crippen molar-refractivity contribution < 1.29 is 4.79 Å². The van der Waals surface area contributed by atoms with Crippen molar-refractivity contribution in [2.45, 2.75) is 32.7 Å². The number of hydrogen-bond donors (Lipinski definition) is 0. The van der Waals surface area contributed by atoms with E-state index in [1.807, 2.05) is 26.0 Å². The lowest BCUT2D eigenvalue weighted by atomic mass is 10.0. The molecule has 1 aliphatic heterocycles. The molecule has 21 heavy (non-hydrogen) atoms. The van der Waals surface area contributed by atoms with Crippen LogP contribution in [0.4, 0.5) is 0 Å². The third-order valence-electron chi connectivity index (χ3n) is 4.22. The lowest BCUT2D eigenvalue weighted by molar-refractivity contribution is -0.132. The highest BCUT2D eigenvalue weighted by Crippen LogP contribution is 2.21. The Morgan fingerprint density at radius 3 is 2.71 bits per heavy atom. The summed E-state index contributed by atoms with van der Waals surface area (Å²) in [6.07, 6.45) is 2.81. The third-order valence-corrected chi connectivity index (χ3v) is 4.22. The first-order chi connectivity index (χ1) is 9.97. The fraction of sp³-hybridized carbons (Fsp3) is 0.438. The second-order valence-corrected chi connectivity index (χ2v) is 5.90. The van der Waals surface area contributed by atoms with Crippen LogP contribution in [0.3, 0.4) is 0 Å². The van der Waals surface area contributed by atoms with Crippen LogP contribution in [0.25, 0.3) is 10.9 Å². The van der Waals surface area contributed by atoms with Crippen LogP contribution in [0, 0.1) is 13.8 Å². The van der Waals surface area contributed by atoms with E-state index >= 15 is 0 Å². The zero-order valence-corrected chi connectivity index (χ0v) is 12.6. The number of fused-ring (bicyclic) bond motifs is 1.